The third-order valence-corrected chi connectivity index (χ3v) is 4.84. The second kappa shape index (κ2) is 18.8. The number of nitrogens with two attached hydrogens (primary N) is 4. The van der Waals surface area contributed by atoms with Crippen molar-refractivity contribution in [3.05, 3.63) is 0 Å². The summed E-state index contributed by atoms with van der Waals surface area (Å²) in [6, 6.07) is -1.17. The molecule has 0 aromatic heterocycles. The minimum atomic E-state index is -1.40. The van der Waals surface area contributed by atoms with Crippen LogP contribution in [0.25, 0.3) is 0 Å². The molecule has 0 aliphatic heterocycles. The van der Waals surface area contributed by atoms with E-state index in [0.29, 0.717) is 45.4 Å². The maximum atomic E-state index is 12.8. The molecular weight excluding hydrogens is 404 g/mol. The lowest BCUT2D eigenvalue weighted by atomic mass is 10.1. The number of carbonyl (C=O) groups excluding carboxylic acids is 2. The maximum absolute atomic E-state index is 12.8. The predicted octanol–water partition coefficient (Wildman–Crippen LogP) is -0.291. The molecule has 0 radical (unpaired) electrons. The van der Waals surface area contributed by atoms with Crippen LogP contribution >= 0.6 is 0 Å². The highest BCUT2D eigenvalue weighted by atomic mass is 16.7. The van der Waals surface area contributed by atoms with Gasteiger partial charge in [-0.05, 0) is 58.2 Å². The van der Waals surface area contributed by atoms with Crippen LogP contribution in [0.5, 0.6) is 0 Å². The third kappa shape index (κ3) is 15.5. The Morgan fingerprint density at radius 2 is 1.45 bits per heavy atom. The molecule has 0 bridgehead atoms. The van der Waals surface area contributed by atoms with Crippen molar-refractivity contribution < 1.29 is 24.2 Å². The van der Waals surface area contributed by atoms with Gasteiger partial charge in [0, 0.05) is 6.54 Å². The van der Waals surface area contributed by atoms with Gasteiger partial charge in [-0.3, -0.25) is 9.59 Å². The molecule has 2 amide bonds. The van der Waals surface area contributed by atoms with Crippen LogP contribution < -0.4 is 28.3 Å². The Hall–Kier alpha value is -1.95. The van der Waals surface area contributed by atoms with Crippen molar-refractivity contribution in [2.24, 2.45) is 22.9 Å². The number of nitrogens with one attached hydrogen (secondary N) is 1. The van der Waals surface area contributed by atoms with E-state index in [1.165, 1.54) is 4.90 Å². The lowest BCUT2D eigenvalue weighted by Gasteiger charge is -2.26. The van der Waals surface area contributed by atoms with Gasteiger partial charge in [0.15, 0.2) is 0 Å². The summed E-state index contributed by atoms with van der Waals surface area (Å²) in [5.74, 6) is -0.658. The Labute approximate surface area is 185 Å². The van der Waals surface area contributed by atoms with Crippen LogP contribution in [0.2, 0.25) is 0 Å². The molecule has 0 fully saturated rings. The van der Waals surface area contributed by atoms with Crippen molar-refractivity contribution in [3.8, 4) is 0 Å². The van der Waals surface area contributed by atoms with E-state index in [9.17, 15) is 14.4 Å². The number of amides is 2. The number of carboxylic acid groups (broad SMARTS) is 1. The highest BCUT2D eigenvalue weighted by molar-refractivity contribution is 5.87. The van der Waals surface area contributed by atoms with Crippen LogP contribution in [-0.2, 0) is 14.3 Å². The second-order valence-corrected chi connectivity index (χ2v) is 7.63. The SMILES string of the molecule is NCCCCCN(CC(=O)N[C@H](CCCCN)COC(=O)O)C(=O)[C@@H](N)CCCCN. The highest BCUT2D eigenvalue weighted by Gasteiger charge is 2.24. The molecule has 0 rings (SSSR count). The standard InChI is InChI=1S/C20H42N6O5/c21-10-4-1-7-13-26(19(28)17(24)9-3-6-12-23)14-18(27)25-16(8-2-5-11-22)15-31-20(29)30/h16-17H,1-15,21-24H2,(H,25,27)(H,29,30)/t16-,17+/m1/s1. The lowest BCUT2D eigenvalue weighted by molar-refractivity contribution is -0.137. The van der Waals surface area contributed by atoms with Crippen LogP contribution in [-0.4, -0.2) is 79.4 Å². The normalized spacial score (nSPS) is 12.8. The second-order valence-electron chi connectivity index (χ2n) is 7.63. The van der Waals surface area contributed by atoms with Crippen LogP contribution in [0.1, 0.15) is 57.8 Å². The van der Waals surface area contributed by atoms with Gasteiger partial charge in [0.2, 0.25) is 11.8 Å². The average Bonchev–Trinajstić information content (AvgIpc) is 2.73. The van der Waals surface area contributed by atoms with E-state index in [0.717, 1.165) is 38.5 Å². The molecule has 11 nitrogen and oxygen atoms in total. The summed E-state index contributed by atoms with van der Waals surface area (Å²) in [5.41, 5.74) is 22.6. The molecule has 0 aliphatic rings. The Balaban J connectivity index is 4.92. The lowest BCUT2D eigenvalue weighted by Crippen LogP contribution is -2.50. The van der Waals surface area contributed by atoms with Gasteiger partial charge < -0.3 is 43.0 Å². The summed E-state index contributed by atoms with van der Waals surface area (Å²) in [6.07, 6.45) is 5.03. The van der Waals surface area contributed by atoms with Crippen molar-refractivity contribution >= 4 is 18.0 Å². The average molecular weight is 447 g/mol. The Morgan fingerprint density at radius 3 is 2.03 bits per heavy atom. The molecule has 0 aromatic rings. The van der Waals surface area contributed by atoms with Crippen molar-refractivity contribution in [2.45, 2.75) is 69.9 Å². The first-order chi connectivity index (χ1) is 14.8. The number of unbranched alkanes of at least 4 members (excludes halogenated alkanes) is 4. The molecule has 0 unspecified atom stereocenters. The fourth-order valence-corrected chi connectivity index (χ4v) is 3.11. The van der Waals surface area contributed by atoms with E-state index in [4.69, 9.17) is 28.0 Å². The molecular formula is C20H42N6O5. The third-order valence-electron chi connectivity index (χ3n) is 4.84. The summed E-state index contributed by atoms with van der Waals surface area (Å²) in [6.45, 7) is 1.71. The van der Waals surface area contributed by atoms with Gasteiger partial charge in [-0.1, -0.05) is 19.3 Å². The van der Waals surface area contributed by atoms with Gasteiger partial charge in [0.05, 0.1) is 18.6 Å². The van der Waals surface area contributed by atoms with Crippen molar-refractivity contribution in [1.29, 1.82) is 0 Å². The molecule has 0 aromatic carbocycles. The topological polar surface area (TPSA) is 200 Å². The maximum Gasteiger partial charge on any atom is 0.505 e. The van der Waals surface area contributed by atoms with Crippen molar-refractivity contribution in [3.63, 3.8) is 0 Å². The minimum absolute atomic E-state index is 0.146. The summed E-state index contributed by atoms with van der Waals surface area (Å²) >= 11 is 0. The molecule has 182 valence electrons. The van der Waals surface area contributed by atoms with Gasteiger partial charge in [0.1, 0.15) is 6.61 Å². The van der Waals surface area contributed by atoms with Crippen LogP contribution in [0, 0.1) is 0 Å². The van der Waals surface area contributed by atoms with Gasteiger partial charge in [-0.15, -0.1) is 0 Å². The zero-order chi connectivity index (χ0) is 23.5. The van der Waals surface area contributed by atoms with Gasteiger partial charge in [-0.2, -0.15) is 0 Å². The van der Waals surface area contributed by atoms with Gasteiger partial charge in [-0.25, -0.2) is 4.79 Å². The van der Waals surface area contributed by atoms with E-state index >= 15 is 0 Å². The Morgan fingerprint density at radius 1 is 0.871 bits per heavy atom. The quantitative estimate of drug-likeness (QED) is 0.114. The van der Waals surface area contributed by atoms with E-state index in [1.807, 2.05) is 0 Å². The molecule has 0 aliphatic carbocycles. The summed E-state index contributed by atoms with van der Waals surface area (Å²) in [7, 11) is 0. The first-order valence-corrected chi connectivity index (χ1v) is 11.1. The minimum Gasteiger partial charge on any atom is -0.450 e. The first kappa shape index (κ1) is 29.1. The van der Waals surface area contributed by atoms with E-state index in [1.54, 1.807) is 0 Å². The highest BCUT2D eigenvalue weighted by Crippen LogP contribution is 2.07. The number of hydrogen-bond acceptors (Lipinski definition) is 8. The molecule has 0 saturated heterocycles. The zero-order valence-corrected chi connectivity index (χ0v) is 18.6. The summed E-state index contributed by atoms with van der Waals surface area (Å²) in [4.78, 5) is 37.6. The van der Waals surface area contributed by atoms with Crippen molar-refractivity contribution in [1.82, 2.24) is 10.2 Å². The molecule has 2 atom stereocenters. The number of ether oxygens (including phenoxy) is 1. The number of carbonyl (C=O) groups is 3. The largest absolute Gasteiger partial charge is 0.505 e. The van der Waals surface area contributed by atoms with Gasteiger partial charge >= 0.3 is 6.16 Å². The first-order valence-electron chi connectivity index (χ1n) is 11.1. The van der Waals surface area contributed by atoms with E-state index in [-0.39, 0.29) is 25.0 Å². The fourth-order valence-electron chi connectivity index (χ4n) is 3.11. The number of nitrogens with zero attached hydrogens (tertiary/aromatic N) is 1. The molecule has 0 spiro atoms. The van der Waals surface area contributed by atoms with Crippen LogP contribution in [0.4, 0.5) is 4.79 Å². The van der Waals surface area contributed by atoms with Crippen LogP contribution in [0.15, 0.2) is 0 Å². The predicted molar refractivity (Wildman–Crippen MR) is 119 cm³/mol. The van der Waals surface area contributed by atoms with E-state index in [2.05, 4.69) is 10.1 Å². The van der Waals surface area contributed by atoms with E-state index < -0.39 is 18.2 Å². The monoisotopic (exact) mass is 446 g/mol. The smallest absolute Gasteiger partial charge is 0.450 e. The van der Waals surface area contributed by atoms with Crippen LogP contribution in [0.3, 0.4) is 0 Å². The van der Waals surface area contributed by atoms with Gasteiger partial charge in [0.25, 0.3) is 0 Å². The number of hydrogen-bond donors (Lipinski definition) is 6. The molecule has 0 saturated carbocycles. The molecule has 11 heteroatoms. The zero-order valence-electron chi connectivity index (χ0n) is 18.6. The summed E-state index contributed by atoms with van der Waals surface area (Å²) in [5, 5.41) is 11.5. The molecule has 10 N–H and O–H groups in total. The fraction of sp³-hybridized carbons (Fsp3) is 0.850. The summed E-state index contributed by atoms with van der Waals surface area (Å²) < 4.78 is 4.62. The molecule has 0 heterocycles. The Kier molecular flexibility index (Phi) is 17.6. The molecule has 31 heavy (non-hydrogen) atoms. The Bertz CT molecular complexity index is 508. The van der Waals surface area contributed by atoms with Crippen molar-refractivity contribution in [2.75, 3.05) is 39.3 Å². The number of rotatable bonds is 19.